The number of aliphatic hydroxyl groups excluding tert-OH is 1. The van der Waals surface area contributed by atoms with Gasteiger partial charge in [0.1, 0.15) is 23.9 Å². The van der Waals surface area contributed by atoms with Crippen molar-refractivity contribution in [3.8, 4) is 22.3 Å². The fourth-order valence-electron chi connectivity index (χ4n) is 9.70. The summed E-state index contributed by atoms with van der Waals surface area (Å²) in [6.45, 7) is 1.19. The molecule has 0 spiro atoms. The molecular weight excluding hydrogens is 833 g/mol. The summed E-state index contributed by atoms with van der Waals surface area (Å²) in [5, 5.41) is 19.5. The fraction of sp³-hybridized carbons (Fsp3) is 0.250. The first kappa shape index (κ1) is 42.4. The second-order valence-electron chi connectivity index (χ2n) is 17.0. The van der Waals surface area contributed by atoms with Gasteiger partial charge in [-0.2, -0.15) is 0 Å². The van der Waals surface area contributed by atoms with Crippen molar-refractivity contribution in [2.75, 3.05) is 27.3 Å². The minimum Gasteiger partial charge on any atom is -0.453 e. The molecule has 3 amide bonds. The molecule has 8 aromatic rings. The molecule has 0 saturated carbocycles. The van der Waals surface area contributed by atoms with Gasteiger partial charge in [0.25, 0.3) is 5.91 Å². The van der Waals surface area contributed by atoms with Crippen LogP contribution in [-0.2, 0) is 14.3 Å². The van der Waals surface area contributed by atoms with Crippen LogP contribution in [0.4, 0.5) is 9.59 Å². The molecule has 0 aliphatic carbocycles. The maximum Gasteiger partial charge on any atom is 0.407 e. The number of hydrogen-bond acceptors (Lipinski definition) is 9. The first-order valence-corrected chi connectivity index (χ1v) is 22.3. The predicted molar refractivity (Wildman–Crippen MR) is 252 cm³/mol. The lowest BCUT2D eigenvalue weighted by Gasteiger charge is -2.34. The Bertz CT molecular complexity index is 3060. The fourth-order valence-corrected chi connectivity index (χ4v) is 9.70. The minimum atomic E-state index is -1.01. The largest absolute Gasteiger partial charge is 0.453 e. The summed E-state index contributed by atoms with van der Waals surface area (Å²) in [6.07, 6.45) is 0.940. The average molecular weight is 883 g/mol. The molecule has 4 heterocycles. The Hall–Kier alpha value is -7.55. The van der Waals surface area contributed by atoms with Crippen LogP contribution in [0.3, 0.4) is 0 Å². The number of imidazole rings is 2. The number of methoxy groups -OCH3 is 2. The van der Waals surface area contributed by atoms with Gasteiger partial charge >= 0.3 is 12.2 Å². The van der Waals surface area contributed by atoms with E-state index in [1.165, 1.54) is 14.2 Å². The first-order valence-electron chi connectivity index (χ1n) is 22.3. The van der Waals surface area contributed by atoms with Gasteiger partial charge in [-0.05, 0) is 106 Å². The van der Waals surface area contributed by atoms with Crippen LogP contribution in [-0.4, -0.2) is 86.5 Å². The molecule has 66 heavy (non-hydrogen) atoms. The van der Waals surface area contributed by atoms with Gasteiger partial charge in [-0.3, -0.25) is 9.69 Å². The number of nitrogens with one attached hydrogen (secondary N) is 4. The summed E-state index contributed by atoms with van der Waals surface area (Å²) in [5.41, 5.74) is 9.07. The van der Waals surface area contributed by atoms with E-state index in [0.717, 1.165) is 92.2 Å². The molecule has 2 aliphatic rings. The number of hydrogen-bond donors (Lipinski definition) is 5. The predicted octanol–water partition coefficient (Wildman–Crippen LogP) is 9.24. The molecule has 14 nitrogen and oxygen atoms in total. The number of aromatic nitrogens is 4. The topological polar surface area (TPSA) is 178 Å². The van der Waals surface area contributed by atoms with E-state index in [1.54, 1.807) is 4.90 Å². The van der Waals surface area contributed by atoms with Crippen LogP contribution in [0.1, 0.15) is 72.6 Å². The third-order valence-corrected chi connectivity index (χ3v) is 13.1. The van der Waals surface area contributed by atoms with Crippen molar-refractivity contribution in [2.45, 2.75) is 56.1 Å². The molecule has 0 radical (unpaired) electrons. The zero-order valence-corrected chi connectivity index (χ0v) is 36.6. The van der Waals surface area contributed by atoms with Gasteiger partial charge in [0.15, 0.2) is 0 Å². The lowest BCUT2D eigenvalue weighted by atomic mass is 9.97. The molecule has 2 aliphatic heterocycles. The van der Waals surface area contributed by atoms with Crippen LogP contribution >= 0.6 is 0 Å². The normalized spacial score (nSPS) is 17.8. The second-order valence-corrected chi connectivity index (χ2v) is 17.0. The van der Waals surface area contributed by atoms with Gasteiger partial charge in [0.2, 0.25) is 0 Å². The van der Waals surface area contributed by atoms with Crippen LogP contribution in [0.5, 0.6) is 0 Å². The number of aliphatic hydroxyl groups is 1. The second kappa shape index (κ2) is 18.1. The molecule has 0 bridgehead atoms. The number of nitrogens with zero attached hydrogens (tertiary/aromatic N) is 4. The lowest BCUT2D eigenvalue weighted by molar-refractivity contribution is -0.134. The average Bonchev–Trinajstić information content (AvgIpc) is 4.20. The Balaban J connectivity index is 0.882. The smallest absolute Gasteiger partial charge is 0.407 e. The first-order chi connectivity index (χ1) is 32.2. The van der Waals surface area contributed by atoms with E-state index in [9.17, 15) is 19.5 Å². The van der Waals surface area contributed by atoms with Crippen molar-refractivity contribution in [3.05, 3.63) is 156 Å². The number of ether oxygens (including phenoxy) is 2. The van der Waals surface area contributed by atoms with Gasteiger partial charge in [-0.1, -0.05) is 97.1 Å². The highest BCUT2D eigenvalue weighted by atomic mass is 16.5. The van der Waals surface area contributed by atoms with Crippen LogP contribution in [0.2, 0.25) is 0 Å². The van der Waals surface area contributed by atoms with E-state index in [1.807, 2.05) is 77.7 Å². The summed E-state index contributed by atoms with van der Waals surface area (Å²) in [5.74, 6) is 1.27. The maximum atomic E-state index is 14.1. The number of carbonyl (C=O) groups excluding carboxylic acids is 3. The van der Waals surface area contributed by atoms with Crippen molar-refractivity contribution < 1.29 is 29.0 Å². The molecule has 14 heteroatoms. The summed E-state index contributed by atoms with van der Waals surface area (Å²) >= 11 is 0. The van der Waals surface area contributed by atoms with Gasteiger partial charge in [-0.25, -0.2) is 19.6 Å². The van der Waals surface area contributed by atoms with Crippen molar-refractivity contribution >= 4 is 50.9 Å². The number of likely N-dealkylation sites (tertiary alicyclic amines) is 2. The Morgan fingerprint density at radius 2 is 1.14 bits per heavy atom. The van der Waals surface area contributed by atoms with Crippen molar-refractivity contribution in [1.82, 2.24) is 40.4 Å². The van der Waals surface area contributed by atoms with Gasteiger partial charge in [0.05, 0.1) is 54.4 Å². The molecule has 334 valence electrons. The third kappa shape index (κ3) is 8.32. The minimum absolute atomic E-state index is 0.177. The molecule has 2 fully saturated rings. The zero-order valence-electron chi connectivity index (χ0n) is 36.6. The molecule has 5 N–H and O–H groups in total. The number of amides is 3. The Morgan fingerprint density at radius 3 is 1.74 bits per heavy atom. The molecule has 2 aromatic heterocycles. The monoisotopic (exact) mass is 882 g/mol. The summed E-state index contributed by atoms with van der Waals surface area (Å²) in [4.78, 5) is 59.6. The molecule has 6 aromatic carbocycles. The SMILES string of the molecule is COC(=O)NC(C(=O)N1CCCC1c1nc2ccc(-c3ccc4ccc(-c5ccc6nc(C7CCCN7C(O)C(NC(=O)OC)c7ccccc7)[nH]c6c5)cc4c3)cc2[nH]1)c1ccccc1. The van der Waals surface area contributed by atoms with E-state index in [2.05, 4.69) is 81.3 Å². The number of alkyl carbamates (subject to hydrolysis) is 2. The highest BCUT2D eigenvalue weighted by Crippen LogP contribution is 2.38. The van der Waals surface area contributed by atoms with E-state index in [-0.39, 0.29) is 18.0 Å². The number of benzene rings is 6. The molecule has 5 atom stereocenters. The van der Waals surface area contributed by atoms with Crippen molar-refractivity contribution in [3.63, 3.8) is 0 Å². The number of H-pyrrole nitrogens is 2. The lowest BCUT2D eigenvalue weighted by Crippen LogP contribution is -2.46. The van der Waals surface area contributed by atoms with Gasteiger partial charge in [0, 0.05) is 13.1 Å². The van der Waals surface area contributed by atoms with Crippen molar-refractivity contribution in [2.24, 2.45) is 0 Å². The highest BCUT2D eigenvalue weighted by molar-refractivity contribution is 5.93. The summed E-state index contributed by atoms with van der Waals surface area (Å²) in [6, 6.07) is 42.0. The standard InChI is InChI=1S/C52H50N8O6/c1-65-51(63)57-45(32-11-5-3-6-12-32)49(61)59-25-9-15-43(59)47-53-39-23-21-36(29-41(39)55-47)34-19-17-31-18-20-35(28-38(31)27-34)37-22-24-40-42(30-37)56-48(54-40)44-16-10-26-60(44)50(62)46(58-52(64)66-2)33-13-7-4-8-14-33/h3-8,11-14,17-24,27-30,43-46,49,61H,9-10,15-16,25-26H2,1-2H3,(H,53,55)(H,54,56)(H,57,63)(H,58,64). The number of rotatable bonds is 11. The molecular formula is C52H50N8O6. The Labute approximate surface area is 381 Å². The van der Waals surface area contributed by atoms with E-state index >= 15 is 0 Å². The Morgan fingerprint density at radius 1 is 0.621 bits per heavy atom. The van der Waals surface area contributed by atoms with Crippen LogP contribution in [0.15, 0.2) is 133 Å². The number of aromatic amines is 2. The van der Waals surface area contributed by atoms with E-state index in [4.69, 9.17) is 19.4 Å². The van der Waals surface area contributed by atoms with Crippen LogP contribution < -0.4 is 10.6 Å². The van der Waals surface area contributed by atoms with Crippen LogP contribution in [0.25, 0.3) is 55.1 Å². The van der Waals surface area contributed by atoms with Gasteiger partial charge in [-0.15, -0.1) is 0 Å². The highest BCUT2D eigenvalue weighted by Gasteiger charge is 2.39. The van der Waals surface area contributed by atoms with Crippen molar-refractivity contribution in [1.29, 1.82) is 0 Å². The van der Waals surface area contributed by atoms with E-state index < -0.39 is 30.5 Å². The molecule has 10 rings (SSSR count). The quantitative estimate of drug-likeness (QED) is 0.0847. The Kier molecular flexibility index (Phi) is 11.7. The molecule has 5 unspecified atom stereocenters. The number of carbonyl (C=O) groups is 3. The molecule has 2 saturated heterocycles. The van der Waals surface area contributed by atoms with E-state index in [0.29, 0.717) is 24.5 Å². The summed E-state index contributed by atoms with van der Waals surface area (Å²) < 4.78 is 9.77. The summed E-state index contributed by atoms with van der Waals surface area (Å²) in [7, 11) is 2.60. The zero-order chi connectivity index (χ0) is 45.3. The van der Waals surface area contributed by atoms with Gasteiger partial charge < -0.3 is 40.1 Å². The maximum absolute atomic E-state index is 14.1. The third-order valence-electron chi connectivity index (χ3n) is 13.1. The van der Waals surface area contributed by atoms with Crippen LogP contribution in [0, 0.1) is 0 Å². The number of fused-ring (bicyclic) bond motifs is 3.